The third kappa shape index (κ3) is 3.93. The molecule has 7 nitrogen and oxygen atoms in total. The van der Waals surface area contributed by atoms with Crippen molar-refractivity contribution in [2.45, 2.75) is 46.2 Å². The molecular weight excluding hydrogens is 282 g/mol. The van der Waals surface area contributed by atoms with E-state index in [0.717, 1.165) is 0 Å². The first-order valence-electron chi connectivity index (χ1n) is 7.38. The van der Waals surface area contributed by atoms with Crippen LogP contribution in [0.5, 0.6) is 0 Å². The molecule has 0 saturated heterocycles. The van der Waals surface area contributed by atoms with E-state index in [1.807, 2.05) is 10.8 Å². The summed E-state index contributed by atoms with van der Waals surface area (Å²) in [6, 6.07) is -0.0696. The number of hydrazone groups is 1. The molecular formula is C15H23N5O2. The summed E-state index contributed by atoms with van der Waals surface area (Å²) in [5.74, 6) is -0.276. The lowest BCUT2D eigenvalue weighted by Crippen LogP contribution is -2.49. The highest BCUT2D eigenvalue weighted by atomic mass is 16.2. The van der Waals surface area contributed by atoms with Crippen LogP contribution in [0.4, 0.5) is 0 Å². The first-order valence-corrected chi connectivity index (χ1v) is 7.38. The predicted octanol–water partition coefficient (Wildman–Crippen LogP) is 1.02. The number of hydrogen-bond donors (Lipinski definition) is 1. The molecule has 0 spiro atoms. The van der Waals surface area contributed by atoms with Gasteiger partial charge in [-0.25, -0.2) is 9.99 Å². The van der Waals surface area contributed by atoms with Crippen LogP contribution < -0.4 is 5.32 Å². The molecule has 1 aliphatic rings. The van der Waals surface area contributed by atoms with Gasteiger partial charge in [-0.1, -0.05) is 20.8 Å². The van der Waals surface area contributed by atoms with Gasteiger partial charge in [0.1, 0.15) is 5.71 Å². The maximum Gasteiger partial charge on any atom is 0.267 e. The van der Waals surface area contributed by atoms with Crippen LogP contribution in [-0.2, 0) is 16.1 Å². The number of nitrogens with one attached hydrogen (secondary N) is 1. The Kier molecular flexibility index (Phi) is 4.63. The minimum Gasteiger partial charge on any atom is -0.346 e. The van der Waals surface area contributed by atoms with E-state index < -0.39 is 0 Å². The van der Waals surface area contributed by atoms with Crippen LogP contribution in [0.1, 0.15) is 33.6 Å². The zero-order chi connectivity index (χ0) is 16.3. The third-order valence-corrected chi connectivity index (χ3v) is 3.77. The van der Waals surface area contributed by atoms with Gasteiger partial charge in [0.2, 0.25) is 5.91 Å². The van der Waals surface area contributed by atoms with Gasteiger partial charge in [0, 0.05) is 38.8 Å². The quantitative estimate of drug-likeness (QED) is 0.902. The Morgan fingerprint density at radius 3 is 2.68 bits per heavy atom. The van der Waals surface area contributed by atoms with Crippen LogP contribution >= 0.6 is 0 Å². The van der Waals surface area contributed by atoms with Crippen molar-refractivity contribution in [1.82, 2.24) is 19.9 Å². The Labute approximate surface area is 130 Å². The number of rotatable bonds is 4. The number of imidazole rings is 1. The van der Waals surface area contributed by atoms with E-state index in [9.17, 15) is 9.59 Å². The summed E-state index contributed by atoms with van der Waals surface area (Å²) < 4.78 is 1.94. The van der Waals surface area contributed by atoms with E-state index in [1.54, 1.807) is 19.6 Å². The van der Waals surface area contributed by atoms with Gasteiger partial charge in [-0.2, -0.15) is 5.10 Å². The van der Waals surface area contributed by atoms with Crippen molar-refractivity contribution in [2.75, 3.05) is 7.05 Å². The van der Waals surface area contributed by atoms with E-state index in [-0.39, 0.29) is 23.3 Å². The van der Waals surface area contributed by atoms with Crippen molar-refractivity contribution in [3.05, 3.63) is 18.7 Å². The molecule has 1 aromatic rings. The minimum atomic E-state index is -0.209. The lowest BCUT2D eigenvalue weighted by atomic mass is 9.86. The summed E-state index contributed by atoms with van der Waals surface area (Å²) >= 11 is 0. The van der Waals surface area contributed by atoms with Crippen LogP contribution in [0.2, 0.25) is 0 Å². The van der Waals surface area contributed by atoms with Crippen molar-refractivity contribution >= 4 is 17.5 Å². The first kappa shape index (κ1) is 16.2. The van der Waals surface area contributed by atoms with E-state index >= 15 is 0 Å². The number of carbonyl (C=O) groups is 2. The molecule has 1 aromatic heterocycles. The van der Waals surface area contributed by atoms with Gasteiger partial charge < -0.3 is 9.88 Å². The smallest absolute Gasteiger partial charge is 0.267 e. The maximum atomic E-state index is 12.4. The summed E-state index contributed by atoms with van der Waals surface area (Å²) in [4.78, 5) is 27.9. The van der Waals surface area contributed by atoms with Gasteiger partial charge in [0.05, 0.1) is 12.4 Å². The van der Waals surface area contributed by atoms with Crippen LogP contribution in [0, 0.1) is 5.41 Å². The molecule has 1 N–H and O–H groups in total. The Hall–Kier alpha value is -2.18. The number of aromatic nitrogens is 2. The van der Waals surface area contributed by atoms with E-state index in [0.29, 0.717) is 25.1 Å². The van der Waals surface area contributed by atoms with Crippen molar-refractivity contribution in [2.24, 2.45) is 10.5 Å². The SMILES string of the molecule is CN1N=C(C(=O)NC(Cn2ccnc2)C(C)(C)C)CCC1=O. The molecule has 22 heavy (non-hydrogen) atoms. The molecule has 2 amide bonds. The molecule has 1 unspecified atom stereocenters. The zero-order valence-corrected chi connectivity index (χ0v) is 13.5. The van der Waals surface area contributed by atoms with Crippen molar-refractivity contribution in [1.29, 1.82) is 0 Å². The number of carbonyl (C=O) groups excluding carboxylic acids is 2. The topological polar surface area (TPSA) is 79.6 Å². The highest BCUT2D eigenvalue weighted by molar-refractivity contribution is 6.39. The Balaban J connectivity index is 2.08. The molecule has 1 aliphatic heterocycles. The molecule has 0 fully saturated rings. The lowest BCUT2D eigenvalue weighted by Gasteiger charge is -2.32. The van der Waals surface area contributed by atoms with Gasteiger partial charge in [-0.05, 0) is 5.41 Å². The molecule has 120 valence electrons. The van der Waals surface area contributed by atoms with Gasteiger partial charge in [0.15, 0.2) is 0 Å². The van der Waals surface area contributed by atoms with Crippen molar-refractivity contribution < 1.29 is 9.59 Å². The molecule has 0 aliphatic carbocycles. The van der Waals surface area contributed by atoms with Gasteiger partial charge in [-0.15, -0.1) is 0 Å². The van der Waals surface area contributed by atoms with Crippen molar-refractivity contribution in [3.63, 3.8) is 0 Å². The summed E-state index contributed by atoms with van der Waals surface area (Å²) in [6.45, 7) is 6.87. The van der Waals surface area contributed by atoms with Crippen LogP contribution in [0.3, 0.4) is 0 Å². The van der Waals surface area contributed by atoms with Gasteiger partial charge in [-0.3, -0.25) is 9.59 Å². The Morgan fingerprint density at radius 2 is 2.14 bits per heavy atom. The summed E-state index contributed by atoms with van der Waals surface area (Å²) in [6.07, 6.45) is 6.03. The molecule has 7 heteroatoms. The summed E-state index contributed by atoms with van der Waals surface area (Å²) in [5.41, 5.74) is 0.290. The number of hydrogen-bond acceptors (Lipinski definition) is 4. The largest absolute Gasteiger partial charge is 0.346 e. The Bertz CT molecular complexity index is 571. The van der Waals surface area contributed by atoms with Crippen LogP contribution in [0.25, 0.3) is 0 Å². The van der Waals surface area contributed by atoms with Crippen LogP contribution in [-0.4, -0.2) is 45.2 Å². The molecule has 0 radical (unpaired) electrons. The maximum absolute atomic E-state index is 12.4. The number of amides is 2. The predicted molar refractivity (Wildman–Crippen MR) is 83.1 cm³/mol. The van der Waals surface area contributed by atoms with E-state index in [1.165, 1.54) is 5.01 Å². The first-order chi connectivity index (χ1) is 10.3. The average molecular weight is 305 g/mol. The highest BCUT2D eigenvalue weighted by Crippen LogP contribution is 2.21. The van der Waals surface area contributed by atoms with E-state index in [4.69, 9.17) is 0 Å². The zero-order valence-electron chi connectivity index (χ0n) is 13.5. The van der Waals surface area contributed by atoms with Crippen molar-refractivity contribution in [3.8, 4) is 0 Å². The molecule has 0 aromatic carbocycles. The molecule has 0 saturated carbocycles. The summed E-state index contributed by atoms with van der Waals surface area (Å²) in [7, 11) is 1.57. The molecule has 2 heterocycles. The third-order valence-electron chi connectivity index (χ3n) is 3.77. The molecule has 0 bridgehead atoms. The Morgan fingerprint density at radius 1 is 1.41 bits per heavy atom. The monoisotopic (exact) mass is 305 g/mol. The fourth-order valence-electron chi connectivity index (χ4n) is 2.22. The second kappa shape index (κ2) is 6.29. The normalized spacial score (nSPS) is 17.2. The van der Waals surface area contributed by atoms with E-state index in [2.05, 4.69) is 36.2 Å². The molecule has 1 atom stereocenters. The van der Waals surface area contributed by atoms with Crippen LogP contribution in [0.15, 0.2) is 23.8 Å². The average Bonchev–Trinajstić information content (AvgIpc) is 2.93. The molecule has 2 rings (SSSR count). The highest BCUT2D eigenvalue weighted by Gasteiger charge is 2.29. The summed E-state index contributed by atoms with van der Waals surface area (Å²) in [5, 5.41) is 8.35. The second-order valence-corrected chi connectivity index (χ2v) is 6.62. The number of nitrogens with zero attached hydrogens (tertiary/aromatic N) is 4. The van der Waals surface area contributed by atoms with Gasteiger partial charge >= 0.3 is 0 Å². The lowest BCUT2D eigenvalue weighted by molar-refractivity contribution is -0.130. The minimum absolute atomic E-state index is 0.0673. The fourth-order valence-corrected chi connectivity index (χ4v) is 2.22. The standard InChI is InChI=1S/C15H23N5O2/c1-15(2,3)12(9-20-8-7-16-10-20)17-14(22)11-5-6-13(21)19(4)18-11/h7-8,10,12H,5-6,9H2,1-4H3,(H,17,22). The van der Waals surface area contributed by atoms with Gasteiger partial charge in [0.25, 0.3) is 5.91 Å². The fraction of sp³-hybridized carbons (Fsp3) is 0.600. The second-order valence-electron chi connectivity index (χ2n) is 6.62.